The number of carbonyl (C=O) groups is 2. The van der Waals surface area contributed by atoms with Crippen LogP contribution in [0.25, 0.3) is 0 Å². The first kappa shape index (κ1) is 10.1. The molecule has 0 aliphatic rings. The Morgan fingerprint density at radius 2 is 1.64 bits per heavy atom. The molecule has 0 bridgehead atoms. The summed E-state index contributed by atoms with van der Waals surface area (Å²) in [5.41, 5.74) is 0.865. The molecule has 0 saturated heterocycles. The molecule has 2 nitrogen and oxygen atoms in total. The zero-order chi connectivity index (χ0) is 9.02. The van der Waals surface area contributed by atoms with Gasteiger partial charge in [-0.1, -0.05) is 19.4 Å². The molecule has 0 aliphatic carbocycles. The minimum Gasteiger partial charge on any atom is -0.290 e. The van der Waals surface area contributed by atoms with E-state index in [0.29, 0.717) is 0 Å². The van der Waals surface area contributed by atoms with Gasteiger partial charge in [0.25, 0.3) is 0 Å². The van der Waals surface area contributed by atoms with Crippen LogP contribution in [-0.4, -0.2) is 11.6 Å². The van der Waals surface area contributed by atoms with Crippen molar-refractivity contribution in [1.82, 2.24) is 0 Å². The highest BCUT2D eigenvalue weighted by molar-refractivity contribution is 6.42. The van der Waals surface area contributed by atoms with E-state index in [1.807, 2.05) is 0 Å². The Labute approximate surface area is 67.3 Å². The van der Waals surface area contributed by atoms with Gasteiger partial charge in [-0.15, -0.1) is 0 Å². The number of hydrogen-bond donors (Lipinski definition) is 0. The van der Waals surface area contributed by atoms with Crippen molar-refractivity contribution in [3.05, 3.63) is 11.6 Å². The van der Waals surface area contributed by atoms with Crippen LogP contribution in [0.2, 0.25) is 0 Å². The maximum Gasteiger partial charge on any atom is 0.221 e. The molecule has 11 heavy (non-hydrogen) atoms. The van der Waals surface area contributed by atoms with Crippen molar-refractivity contribution in [1.29, 1.82) is 0 Å². The van der Waals surface area contributed by atoms with Crippen molar-refractivity contribution in [3.63, 3.8) is 0 Å². The highest BCUT2D eigenvalue weighted by Crippen LogP contribution is 1.98. The van der Waals surface area contributed by atoms with E-state index in [2.05, 4.69) is 0 Å². The molecule has 0 aromatic carbocycles. The van der Waals surface area contributed by atoms with Crippen LogP contribution < -0.4 is 0 Å². The third kappa shape index (κ3) is 3.71. The Kier molecular flexibility index (Phi) is 3.72. The lowest BCUT2D eigenvalue weighted by atomic mass is 10.0. The van der Waals surface area contributed by atoms with Crippen LogP contribution in [0.3, 0.4) is 0 Å². The van der Waals surface area contributed by atoms with Gasteiger partial charge in [0, 0.05) is 5.92 Å². The van der Waals surface area contributed by atoms with Gasteiger partial charge in [-0.2, -0.15) is 0 Å². The Hall–Kier alpha value is -0.920. The van der Waals surface area contributed by atoms with Gasteiger partial charge in [0.05, 0.1) is 0 Å². The van der Waals surface area contributed by atoms with Gasteiger partial charge in [-0.25, -0.2) is 0 Å². The monoisotopic (exact) mass is 154 g/mol. The van der Waals surface area contributed by atoms with Crippen LogP contribution in [0.4, 0.5) is 0 Å². The molecule has 62 valence electrons. The topological polar surface area (TPSA) is 34.1 Å². The summed E-state index contributed by atoms with van der Waals surface area (Å²) in [4.78, 5) is 22.0. The second kappa shape index (κ2) is 4.06. The molecule has 2 heteroatoms. The smallest absolute Gasteiger partial charge is 0.221 e. The lowest BCUT2D eigenvalue weighted by Crippen LogP contribution is -2.17. The molecule has 0 spiro atoms. The standard InChI is InChI=1S/C9H14O2/c1-6(2)5-8(10)9(11)7(3)4/h5,7H,1-4H3. The molecule has 0 aromatic heterocycles. The van der Waals surface area contributed by atoms with E-state index in [-0.39, 0.29) is 17.5 Å². The molecule has 0 atom stereocenters. The van der Waals surface area contributed by atoms with E-state index < -0.39 is 0 Å². The number of ketones is 2. The van der Waals surface area contributed by atoms with E-state index >= 15 is 0 Å². The zero-order valence-electron chi connectivity index (χ0n) is 7.47. The summed E-state index contributed by atoms with van der Waals surface area (Å²) in [7, 11) is 0. The minimum atomic E-state index is -0.389. The highest BCUT2D eigenvalue weighted by Gasteiger charge is 2.14. The molecule has 0 radical (unpaired) electrons. The van der Waals surface area contributed by atoms with Crippen molar-refractivity contribution in [3.8, 4) is 0 Å². The van der Waals surface area contributed by atoms with Crippen molar-refractivity contribution in [2.24, 2.45) is 5.92 Å². The highest BCUT2D eigenvalue weighted by atomic mass is 16.2. The summed E-state index contributed by atoms with van der Waals surface area (Å²) in [6, 6.07) is 0. The van der Waals surface area contributed by atoms with Crippen molar-refractivity contribution >= 4 is 11.6 Å². The molecular formula is C9H14O2. The maximum atomic E-state index is 11.0. The van der Waals surface area contributed by atoms with Gasteiger partial charge in [-0.05, 0) is 19.9 Å². The molecule has 0 unspecified atom stereocenters. The number of hydrogen-bond acceptors (Lipinski definition) is 2. The van der Waals surface area contributed by atoms with E-state index in [4.69, 9.17) is 0 Å². The predicted molar refractivity (Wildman–Crippen MR) is 44.3 cm³/mol. The van der Waals surface area contributed by atoms with Crippen molar-refractivity contribution in [2.45, 2.75) is 27.7 Å². The van der Waals surface area contributed by atoms with Crippen LogP contribution >= 0.6 is 0 Å². The van der Waals surface area contributed by atoms with Crippen LogP contribution in [0, 0.1) is 5.92 Å². The number of allylic oxidation sites excluding steroid dienone is 2. The maximum absolute atomic E-state index is 11.0. The number of Topliss-reactive ketones (excluding diaryl/α,β-unsaturated/α-hetero) is 1. The van der Waals surface area contributed by atoms with Crippen molar-refractivity contribution in [2.75, 3.05) is 0 Å². The second-order valence-electron chi connectivity index (χ2n) is 3.10. The lowest BCUT2D eigenvalue weighted by Gasteiger charge is -1.98. The van der Waals surface area contributed by atoms with Crippen LogP contribution in [0.15, 0.2) is 11.6 Å². The first-order valence-electron chi connectivity index (χ1n) is 3.68. The third-order valence-electron chi connectivity index (χ3n) is 1.19. The molecule has 0 aromatic rings. The summed E-state index contributed by atoms with van der Waals surface area (Å²) in [6.07, 6.45) is 1.38. The number of rotatable bonds is 3. The zero-order valence-corrected chi connectivity index (χ0v) is 7.47. The van der Waals surface area contributed by atoms with Gasteiger partial charge >= 0.3 is 0 Å². The third-order valence-corrected chi connectivity index (χ3v) is 1.19. The van der Waals surface area contributed by atoms with Gasteiger partial charge in [0.2, 0.25) is 11.6 Å². The molecule has 0 N–H and O–H groups in total. The lowest BCUT2D eigenvalue weighted by molar-refractivity contribution is -0.135. The summed E-state index contributed by atoms with van der Waals surface area (Å²) in [5.74, 6) is -0.899. The summed E-state index contributed by atoms with van der Waals surface area (Å²) >= 11 is 0. The summed E-state index contributed by atoms with van der Waals surface area (Å²) in [6.45, 7) is 7.04. The van der Waals surface area contributed by atoms with E-state index in [1.54, 1.807) is 27.7 Å². The number of carbonyl (C=O) groups excluding carboxylic acids is 2. The summed E-state index contributed by atoms with van der Waals surface area (Å²) in [5, 5.41) is 0. The first-order valence-corrected chi connectivity index (χ1v) is 3.68. The predicted octanol–water partition coefficient (Wildman–Crippen LogP) is 1.75. The molecule has 0 saturated carbocycles. The molecule has 0 aliphatic heterocycles. The second-order valence-corrected chi connectivity index (χ2v) is 3.10. The molecule has 0 heterocycles. The fourth-order valence-corrected chi connectivity index (χ4v) is 0.618. The average molecular weight is 154 g/mol. The Morgan fingerprint density at radius 3 is 1.91 bits per heavy atom. The van der Waals surface area contributed by atoms with E-state index in [0.717, 1.165) is 5.57 Å². The van der Waals surface area contributed by atoms with Crippen LogP contribution in [0.5, 0.6) is 0 Å². The first-order chi connectivity index (χ1) is 4.95. The summed E-state index contributed by atoms with van der Waals surface area (Å²) < 4.78 is 0. The van der Waals surface area contributed by atoms with Gasteiger partial charge in [0.1, 0.15) is 0 Å². The minimum absolute atomic E-state index is 0.196. The average Bonchev–Trinajstić information content (AvgIpc) is 1.84. The van der Waals surface area contributed by atoms with E-state index in [9.17, 15) is 9.59 Å². The largest absolute Gasteiger partial charge is 0.290 e. The molecule has 0 rings (SSSR count). The fraction of sp³-hybridized carbons (Fsp3) is 0.556. The fourth-order valence-electron chi connectivity index (χ4n) is 0.618. The molecule has 0 fully saturated rings. The van der Waals surface area contributed by atoms with E-state index in [1.165, 1.54) is 6.08 Å². The van der Waals surface area contributed by atoms with Crippen LogP contribution in [0.1, 0.15) is 27.7 Å². The van der Waals surface area contributed by atoms with Crippen molar-refractivity contribution < 1.29 is 9.59 Å². The van der Waals surface area contributed by atoms with Gasteiger partial charge in [0.15, 0.2) is 0 Å². The Balaban J connectivity index is 4.28. The molecular weight excluding hydrogens is 140 g/mol. The quantitative estimate of drug-likeness (QED) is 0.458. The normalized spacial score (nSPS) is 9.55. The van der Waals surface area contributed by atoms with Crippen LogP contribution in [-0.2, 0) is 9.59 Å². The SMILES string of the molecule is CC(C)=CC(=O)C(=O)C(C)C. The Bertz CT molecular complexity index is 196. The molecule has 0 amide bonds. The van der Waals surface area contributed by atoms with Gasteiger partial charge in [-0.3, -0.25) is 9.59 Å². The Morgan fingerprint density at radius 1 is 1.18 bits per heavy atom. The van der Waals surface area contributed by atoms with Gasteiger partial charge < -0.3 is 0 Å².